The summed E-state index contributed by atoms with van der Waals surface area (Å²) in [5.74, 6) is -0.620. The van der Waals surface area contributed by atoms with Crippen LogP contribution < -0.4 is 0 Å². The number of fused-ring (bicyclic) bond motifs is 1. The number of aromatic carboxylic acids is 1. The van der Waals surface area contributed by atoms with E-state index in [0.717, 1.165) is 0 Å². The number of pyridine rings is 1. The van der Waals surface area contributed by atoms with Gasteiger partial charge in [0.15, 0.2) is 11.5 Å². The summed E-state index contributed by atoms with van der Waals surface area (Å²) < 4.78 is 3.15. The van der Waals surface area contributed by atoms with Crippen LogP contribution in [0.2, 0.25) is 5.02 Å². The smallest absolute Gasteiger partial charge is 0.337 e. The van der Waals surface area contributed by atoms with E-state index in [1.807, 2.05) is 0 Å². The number of aryl methyl sites for hydroxylation is 1. The van der Waals surface area contributed by atoms with Crippen LogP contribution >= 0.6 is 11.6 Å². The minimum absolute atomic E-state index is 0.0643. The lowest BCUT2D eigenvalue weighted by Gasteiger charge is -2.01. The molecule has 0 saturated carbocycles. The summed E-state index contributed by atoms with van der Waals surface area (Å²) in [4.78, 5) is 11.0. The van der Waals surface area contributed by atoms with Crippen LogP contribution in [-0.2, 0) is 7.05 Å². The van der Waals surface area contributed by atoms with Gasteiger partial charge in [0.05, 0.1) is 10.6 Å². The van der Waals surface area contributed by atoms with Crippen LogP contribution in [0.15, 0.2) is 24.5 Å². The zero-order chi connectivity index (χ0) is 13.6. The summed E-state index contributed by atoms with van der Waals surface area (Å²) in [6, 6.07) is 3.11. The molecule has 96 valence electrons. The number of hydrogen-bond donors (Lipinski definition) is 1. The second kappa shape index (κ2) is 4.06. The normalized spacial score (nSPS) is 11.1. The lowest BCUT2D eigenvalue weighted by molar-refractivity contribution is 0.0696. The molecule has 0 fully saturated rings. The Morgan fingerprint density at radius 2 is 2.21 bits per heavy atom. The fourth-order valence-electron chi connectivity index (χ4n) is 1.78. The maximum absolute atomic E-state index is 11.0. The van der Waals surface area contributed by atoms with Crippen LogP contribution in [0.4, 0.5) is 0 Å². The number of aromatic nitrogens is 5. The molecule has 3 rings (SSSR count). The van der Waals surface area contributed by atoms with E-state index in [-0.39, 0.29) is 10.6 Å². The van der Waals surface area contributed by atoms with E-state index in [1.165, 1.54) is 16.7 Å². The van der Waals surface area contributed by atoms with Crippen LogP contribution in [0.1, 0.15) is 10.4 Å². The van der Waals surface area contributed by atoms with Crippen molar-refractivity contribution >= 4 is 23.2 Å². The maximum atomic E-state index is 11.0. The number of carboxylic acid groups (broad SMARTS) is 1. The Morgan fingerprint density at radius 1 is 1.42 bits per heavy atom. The largest absolute Gasteiger partial charge is 0.478 e. The molecule has 1 N–H and O–H groups in total. The SMILES string of the molecule is Cn1ccc(-c2nnc3c(Cl)cc(C(=O)O)cn23)n1. The van der Waals surface area contributed by atoms with Gasteiger partial charge in [-0.15, -0.1) is 10.2 Å². The minimum Gasteiger partial charge on any atom is -0.478 e. The molecule has 0 spiro atoms. The van der Waals surface area contributed by atoms with E-state index in [1.54, 1.807) is 24.0 Å². The second-order valence-corrected chi connectivity index (χ2v) is 4.38. The highest BCUT2D eigenvalue weighted by molar-refractivity contribution is 6.33. The van der Waals surface area contributed by atoms with E-state index in [9.17, 15) is 4.79 Å². The number of nitrogens with zero attached hydrogens (tertiary/aromatic N) is 5. The van der Waals surface area contributed by atoms with E-state index < -0.39 is 5.97 Å². The molecule has 7 nitrogen and oxygen atoms in total. The third-order valence-electron chi connectivity index (χ3n) is 2.65. The first-order valence-electron chi connectivity index (χ1n) is 5.34. The molecule has 0 aliphatic carbocycles. The fourth-order valence-corrected chi connectivity index (χ4v) is 2.03. The van der Waals surface area contributed by atoms with Gasteiger partial charge in [0, 0.05) is 19.4 Å². The number of carbonyl (C=O) groups is 1. The lowest BCUT2D eigenvalue weighted by Crippen LogP contribution is -2.00. The monoisotopic (exact) mass is 277 g/mol. The second-order valence-electron chi connectivity index (χ2n) is 3.97. The first-order chi connectivity index (χ1) is 9.06. The summed E-state index contributed by atoms with van der Waals surface area (Å²) in [6.07, 6.45) is 3.19. The van der Waals surface area contributed by atoms with Crippen molar-refractivity contribution in [1.29, 1.82) is 0 Å². The standard InChI is InChI=1S/C11H8ClN5O2/c1-16-3-2-8(15-16)10-14-13-9-7(12)4-6(11(18)19)5-17(9)10/h2-5H,1H3,(H,18,19). The van der Waals surface area contributed by atoms with Crippen molar-refractivity contribution in [3.63, 3.8) is 0 Å². The number of halogens is 1. The zero-order valence-electron chi connectivity index (χ0n) is 9.78. The van der Waals surface area contributed by atoms with Gasteiger partial charge in [0.1, 0.15) is 5.69 Å². The molecular weight excluding hydrogens is 270 g/mol. The summed E-state index contributed by atoms with van der Waals surface area (Å²) in [7, 11) is 1.78. The van der Waals surface area contributed by atoms with Crippen molar-refractivity contribution in [3.8, 4) is 11.5 Å². The highest BCUT2D eigenvalue weighted by Crippen LogP contribution is 2.22. The van der Waals surface area contributed by atoms with Crippen LogP contribution in [0.25, 0.3) is 17.2 Å². The third-order valence-corrected chi connectivity index (χ3v) is 2.93. The van der Waals surface area contributed by atoms with Gasteiger partial charge >= 0.3 is 5.97 Å². The molecule has 0 radical (unpaired) electrons. The molecule has 19 heavy (non-hydrogen) atoms. The number of rotatable bonds is 2. The molecule has 3 aromatic rings. The predicted octanol–water partition coefficient (Wildman–Crippen LogP) is 1.48. The quantitative estimate of drug-likeness (QED) is 0.767. The molecule has 8 heteroatoms. The Hall–Kier alpha value is -2.41. The van der Waals surface area contributed by atoms with Crippen LogP contribution in [0.3, 0.4) is 0 Å². The van der Waals surface area contributed by atoms with Gasteiger partial charge in [0.25, 0.3) is 0 Å². The lowest BCUT2D eigenvalue weighted by atomic mass is 10.3. The Morgan fingerprint density at radius 3 is 2.84 bits per heavy atom. The van der Waals surface area contributed by atoms with Gasteiger partial charge in [-0.1, -0.05) is 11.6 Å². The van der Waals surface area contributed by atoms with Crippen molar-refractivity contribution in [2.45, 2.75) is 0 Å². The zero-order valence-corrected chi connectivity index (χ0v) is 10.5. The topological polar surface area (TPSA) is 85.3 Å². The molecule has 0 amide bonds. The molecule has 0 bridgehead atoms. The van der Waals surface area contributed by atoms with Crippen LogP contribution in [-0.4, -0.2) is 35.5 Å². The number of carboxylic acids is 1. The average molecular weight is 278 g/mol. The molecule has 3 aromatic heterocycles. The maximum Gasteiger partial charge on any atom is 0.337 e. The highest BCUT2D eigenvalue weighted by atomic mass is 35.5. The average Bonchev–Trinajstić information content (AvgIpc) is 2.94. The fraction of sp³-hybridized carbons (Fsp3) is 0.0909. The predicted molar refractivity (Wildman–Crippen MR) is 67.2 cm³/mol. The van der Waals surface area contributed by atoms with E-state index in [0.29, 0.717) is 17.2 Å². The van der Waals surface area contributed by atoms with E-state index in [2.05, 4.69) is 15.3 Å². The summed E-state index contributed by atoms with van der Waals surface area (Å²) >= 11 is 6.00. The Labute approximate surface area is 112 Å². The van der Waals surface area contributed by atoms with Gasteiger partial charge in [-0.3, -0.25) is 9.08 Å². The van der Waals surface area contributed by atoms with Gasteiger partial charge in [0.2, 0.25) is 0 Å². The Bertz CT molecular complexity index is 792. The van der Waals surface area contributed by atoms with Crippen LogP contribution in [0.5, 0.6) is 0 Å². The first-order valence-corrected chi connectivity index (χ1v) is 5.71. The van der Waals surface area contributed by atoms with Crippen molar-refractivity contribution in [2.75, 3.05) is 0 Å². The molecule has 0 aliphatic heterocycles. The van der Waals surface area contributed by atoms with Gasteiger partial charge in [-0.2, -0.15) is 5.10 Å². The molecule has 0 atom stereocenters. The molecule has 0 aliphatic rings. The summed E-state index contributed by atoms with van der Waals surface area (Å²) in [6.45, 7) is 0. The highest BCUT2D eigenvalue weighted by Gasteiger charge is 2.15. The summed E-state index contributed by atoms with van der Waals surface area (Å²) in [5, 5.41) is 21.4. The van der Waals surface area contributed by atoms with Gasteiger partial charge in [-0.25, -0.2) is 4.79 Å². The summed E-state index contributed by atoms with van der Waals surface area (Å²) in [5.41, 5.74) is 1.05. The van der Waals surface area contributed by atoms with Crippen molar-refractivity contribution in [3.05, 3.63) is 35.1 Å². The van der Waals surface area contributed by atoms with Gasteiger partial charge < -0.3 is 5.11 Å². The molecule has 0 aromatic carbocycles. The van der Waals surface area contributed by atoms with Crippen LogP contribution in [0, 0.1) is 0 Å². The molecule has 0 saturated heterocycles. The van der Waals surface area contributed by atoms with E-state index >= 15 is 0 Å². The minimum atomic E-state index is -1.07. The molecule has 3 heterocycles. The van der Waals surface area contributed by atoms with Crippen molar-refractivity contribution in [1.82, 2.24) is 24.4 Å². The van der Waals surface area contributed by atoms with Gasteiger partial charge in [-0.05, 0) is 12.1 Å². The Balaban J connectivity index is 2.29. The van der Waals surface area contributed by atoms with Crippen molar-refractivity contribution < 1.29 is 9.90 Å². The van der Waals surface area contributed by atoms with E-state index in [4.69, 9.17) is 16.7 Å². The molecule has 0 unspecified atom stereocenters. The molecular formula is C11H8ClN5O2. The third kappa shape index (κ3) is 1.84. The Kier molecular flexibility index (Phi) is 2.49. The van der Waals surface area contributed by atoms with Crippen molar-refractivity contribution in [2.24, 2.45) is 7.05 Å². The number of hydrogen-bond acceptors (Lipinski definition) is 4. The first kappa shape index (κ1) is 11.7.